The van der Waals surface area contributed by atoms with Gasteiger partial charge in [0.2, 0.25) is 0 Å². The second kappa shape index (κ2) is 5.11. The van der Waals surface area contributed by atoms with Crippen LogP contribution in [0.1, 0.15) is 17.0 Å². The van der Waals surface area contributed by atoms with E-state index in [2.05, 4.69) is 14.7 Å². The Labute approximate surface area is 114 Å². The summed E-state index contributed by atoms with van der Waals surface area (Å²) in [7, 11) is 0. The third-order valence-electron chi connectivity index (χ3n) is 3.13. The van der Waals surface area contributed by atoms with Crippen molar-refractivity contribution in [2.45, 2.75) is 20.0 Å². The molecule has 2 heterocycles. The smallest absolute Gasteiger partial charge is 0.194 e. The van der Waals surface area contributed by atoms with Gasteiger partial charge < -0.3 is 5.32 Å². The second-order valence-electron chi connectivity index (χ2n) is 4.39. The van der Waals surface area contributed by atoms with Crippen molar-refractivity contribution in [3.05, 3.63) is 58.6 Å². The number of fused-ring (bicyclic) bond motifs is 1. The third kappa shape index (κ3) is 2.39. The molecule has 0 amide bonds. The molecule has 3 rings (SSSR count). The molecule has 19 heavy (non-hydrogen) atoms. The Morgan fingerprint density at radius 2 is 2.16 bits per heavy atom. The molecule has 0 saturated carbocycles. The predicted molar refractivity (Wildman–Crippen MR) is 74.7 cm³/mol. The highest BCUT2D eigenvalue weighted by atomic mass is 32.1. The van der Waals surface area contributed by atoms with Gasteiger partial charge in [0.25, 0.3) is 0 Å². The van der Waals surface area contributed by atoms with Gasteiger partial charge in [0, 0.05) is 30.2 Å². The van der Waals surface area contributed by atoms with Crippen LogP contribution in [0.2, 0.25) is 0 Å². The quantitative estimate of drug-likeness (QED) is 0.792. The number of imidazole rings is 1. The average molecular weight is 275 g/mol. The van der Waals surface area contributed by atoms with Gasteiger partial charge in [-0.1, -0.05) is 18.2 Å². The summed E-state index contributed by atoms with van der Waals surface area (Å²) >= 11 is 1.62. The van der Waals surface area contributed by atoms with E-state index in [1.54, 1.807) is 23.5 Å². The van der Waals surface area contributed by atoms with Gasteiger partial charge >= 0.3 is 0 Å². The fourth-order valence-electron chi connectivity index (χ4n) is 2.11. The van der Waals surface area contributed by atoms with Gasteiger partial charge in [-0.15, -0.1) is 11.3 Å². The Balaban J connectivity index is 1.71. The number of benzene rings is 1. The van der Waals surface area contributed by atoms with E-state index >= 15 is 0 Å². The first-order valence-corrected chi connectivity index (χ1v) is 6.99. The largest absolute Gasteiger partial charge is 0.307 e. The van der Waals surface area contributed by atoms with Crippen LogP contribution in [0.15, 0.2) is 35.8 Å². The van der Waals surface area contributed by atoms with Crippen molar-refractivity contribution in [3.8, 4) is 0 Å². The number of halogens is 1. The molecule has 0 saturated heterocycles. The zero-order chi connectivity index (χ0) is 13.2. The van der Waals surface area contributed by atoms with Gasteiger partial charge in [-0.2, -0.15) is 0 Å². The number of thiazole rings is 1. The molecule has 0 aliphatic rings. The molecule has 1 N–H and O–H groups in total. The molecule has 1 aromatic carbocycles. The summed E-state index contributed by atoms with van der Waals surface area (Å²) in [6, 6.07) is 6.83. The number of aromatic nitrogens is 2. The van der Waals surface area contributed by atoms with E-state index in [1.807, 2.05) is 24.6 Å². The lowest BCUT2D eigenvalue weighted by atomic mass is 10.2. The first kappa shape index (κ1) is 12.3. The minimum atomic E-state index is -0.166. The summed E-state index contributed by atoms with van der Waals surface area (Å²) in [5, 5.41) is 5.29. The van der Waals surface area contributed by atoms with Crippen LogP contribution in [-0.2, 0) is 13.1 Å². The molecule has 0 fully saturated rings. The fraction of sp³-hybridized carbons (Fsp3) is 0.214. The first-order chi connectivity index (χ1) is 9.25. The highest BCUT2D eigenvalue weighted by Crippen LogP contribution is 2.16. The van der Waals surface area contributed by atoms with E-state index in [0.717, 1.165) is 16.3 Å². The second-order valence-corrected chi connectivity index (χ2v) is 5.27. The number of hydrogen-bond acceptors (Lipinski definition) is 3. The number of nitrogens with one attached hydrogen (secondary N) is 1. The number of nitrogens with zero attached hydrogens (tertiary/aromatic N) is 2. The average Bonchev–Trinajstić information content (AvgIpc) is 2.94. The number of rotatable bonds is 4. The predicted octanol–water partition coefficient (Wildman–Crippen LogP) is 3.13. The zero-order valence-electron chi connectivity index (χ0n) is 10.6. The van der Waals surface area contributed by atoms with Gasteiger partial charge in [0.05, 0.1) is 11.4 Å². The van der Waals surface area contributed by atoms with Crippen LogP contribution in [0.5, 0.6) is 0 Å². The Kier molecular flexibility index (Phi) is 3.31. The Hall–Kier alpha value is -1.72. The molecule has 0 aliphatic carbocycles. The molecule has 3 aromatic rings. The van der Waals surface area contributed by atoms with E-state index in [-0.39, 0.29) is 5.82 Å². The summed E-state index contributed by atoms with van der Waals surface area (Å²) in [6.45, 7) is 3.20. The van der Waals surface area contributed by atoms with E-state index in [0.29, 0.717) is 18.7 Å². The lowest BCUT2D eigenvalue weighted by Crippen LogP contribution is -2.15. The molecule has 0 spiro atoms. The standard InChI is InChI=1S/C14H14FN3S/c1-10-13(18-6-7-19-14(18)17-10)9-16-8-11-4-2-3-5-12(11)15/h2-7,16H,8-9H2,1H3. The molecule has 0 aliphatic heterocycles. The van der Waals surface area contributed by atoms with Crippen LogP contribution >= 0.6 is 11.3 Å². The van der Waals surface area contributed by atoms with Crippen molar-refractivity contribution < 1.29 is 4.39 Å². The van der Waals surface area contributed by atoms with Crippen molar-refractivity contribution in [1.29, 1.82) is 0 Å². The molecule has 5 heteroatoms. The van der Waals surface area contributed by atoms with Gasteiger partial charge in [-0.25, -0.2) is 9.37 Å². The summed E-state index contributed by atoms with van der Waals surface area (Å²) < 4.78 is 15.6. The third-order valence-corrected chi connectivity index (χ3v) is 3.88. The minimum absolute atomic E-state index is 0.166. The van der Waals surface area contributed by atoms with Crippen LogP contribution in [0.4, 0.5) is 4.39 Å². The van der Waals surface area contributed by atoms with Crippen LogP contribution in [0, 0.1) is 12.7 Å². The highest BCUT2D eigenvalue weighted by Gasteiger charge is 2.09. The summed E-state index contributed by atoms with van der Waals surface area (Å²) in [6.07, 6.45) is 2.01. The van der Waals surface area contributed by atoms with E-state index in [4.69, 9.17) is 0 Å². The van der Waals surface area contributed by atoms with Gasteiger partial charge in [0.15, 0.2) is 4.96 Å². The molecule has 2 aromatic heterocycles. The molecule has 0 unspecified atom stereocenters. The van der Waals surface area contributed by atoms with E-state index in [1.165, 1.54) is 6.07 Å². The summed E-state index contributed by atoms with van der Waals surface area (Å²) in [4.78, 5) is 5.48. The molecule has 98 valence electrons. The van der Waals surface area contributed by atoms with Crippen molar-refractivity contribution >= 4 is 16.3 Å². The van der Waals surface area contributed by atoms with Crippen molar-refractivity contribution in [3.63, 3.8) is 0 Å². The Morgan fingerprint density at radius 1 is 1.32 bits per heavy atom. The number of aryl methyl sites for hydroxylation is 1. The maximum Gasteiger partial charge on any atom is 0.194 e. The Morgan fingerprint density at radius 3 is 3.00 bits per heavy atom. The van der Waals surface area contributed by atoms with Gasteiger partial charge in [-0.3, -0.25) is 4.40 Å². The van der Waals surface area contributed by atoms with Crippen LogP contribution in [0.3, 0.4) is 0 Å². The lowest BCUT2D eigenvalue weighted by molar-refractivity contribution is 0.585. The van der Waals surface area contributed by atoms with Crippen LogP contribution in [0.25, 0.3) is 4.96 Å². The zero-order valence-corrected chi connectivity index (χ0v) is 11.4. The topological polar surface area (TPSA) is 29.3 Å². The molecule has 0 atom stereocenters. The SMILES string of the molecule is Cc1nc2sccn2c1CNCc1ccccc1F. The molecular weight excluding hydrogens is 261 g/mol. The van der Waals surface area contributed by atoms with Crippen LogP contribution in [-0.4, -0.2) is 9.38 Å². The van der Waals surface area contributed by atoms with Gasteiger partial charge in [0.1, 0.15) is 5.82 Å². The fourth-order valence-corrected chi connectivity index (χ4v) is 2.89. The normalized spacial score (nSPS) is 11.3. The highest BCUT2D eigenvalue weighted by molar-refractivity contribution is 7.15. The molecular formula is C14H14FN3S. The maximum atomic E-state index is 13.5. The molecule has 0 radical (unpaired) electrons. The van der Waals surface area contributed by atoms with Gasteiger partial charge in [-0.05, 0) is 13.0 Å². The lowest BCUT2D eigenvalue weighted by Gasteiger charge is -2.06. The van der Waals surface area contributed by atoms with Crippen molar-refractivity contribution in [1.82, 2.24) is 14.7 Å². The van der Waals surface area contributed by atoms with Crippen molar-refractivity contribution in [2.75, 3.05) is 0 Å². The molecule has 0 bridgehead atoms. The molecule has 3 nitrogen and oxygen atoms in total. The Bertz CT molecular complexity index is 702. The first-order valence-electron chi connectivity index (χ1n) is 6.11. The van der Waals surface area contributed by atoms with Crippen LogP contribution < -0.4 is 5.32 Å². The van der Waals surface area contributed by atoms with Crippen molar-refractivity contribution in [2.24, 2.45) is 0 Å². The summed E-state index contributed by atoms with van der Waals surface area (Å²) in [5.41, 5.74) is 2.84. The van der Waals surface area contributed by atoms with E-state index in [9.17, 15) is 4.39 Å². The maximum absolute atomic E-state index is 13.5. The van der Waals surface area contributed by atoms with E-state index < -0.39 is 0 Å². The minimum Gasteiger partial charge on any atom is -0.307 e. The monoisotopic (exact) mass is 275 g/mol. The summed E-state index contributed by atoms with van der Waals surface area (Å²) in [5.74, 6) is -0.166. The number of hydrogen-bond donors (Lipinski definition) is 1.